The molecule has 24 heavy (non-hydrogen) atoms. The van der Waals surface area contributed by atoms with E-state index in [0.717, 1.165) is 11.1 Å². The standard InChI is InChI=1S/C21H22O3/c1-3-14-20(19(22)24-2)15-13-16-9-7-8-12-18(16)21(20,23)17-10-5-4-6-11-17/h3-12,23H,1,13-15H2,2H3/t20-,21+/m0/s1. The number of carbonyl (C=O) groups is 1. The van der Waals surface area contributed by atoms with Gasteiger partial charge in [0.15, 0.2) is 0 Å². The van der Waals surface area contributed by atoms with E-state index in [1.807, 2.05) is 54.6 Å². The number of allylic oxidation sites excluding steroid dienone is 1. The highest BCUT2D eigenvalue weighted by atomic mass is 16.5. The molecule has 124 valence electrons. The van der Waals surface area contributed by atoms with Crippen LogP contribution < -0.4 is 0 Å². The van der Waals surface area contributed by atoms with Gasteiger partial charge in [0.1, 0.15) is 11.0 Å². The van der Waals surface area contributed by atoms with Crippen molar-refractivity contribution in [3.63, 3.8) is 0 Å². The molecule has 0 unspecified atom stereocenters. The molecule has 0 aliphatic heterocycles. The molecule has 0 saturated carbocycles. The predicted octanol–water partition coefficient (Wildman–Crippen LogP) is 3.60. The second-order valence-electron chi connectivity index (χ2n) is 6.30. The van der Waals surface area contributed by atoms with Crippen LogP contribution in [0.3, 0.4) is 0 Å². The molecule has 0 spiro atoms. The van der Waals surface area contributed by atoms with Crippen molar-refractivity contribution in [3.05, 3.63) is 83.9 Å². The summed E-state index contributed by atoms with van der Waals surface area (Å²) in [7, 11) is 1.37. The summed E-state index contributed by atoms with van der Waals surface area (Å²) < 4.78 is 5.13. The fourth-order valence-electron chi connectivity index (χ4n) is 4.01. The van der Waals surface area contributed by atoms with Crippen LogP contribution in [0, 0.1) is 5.41 Å². The minimum absolute atomic E-state index is 0.347. The van der Waals surface area contributed by atoms with Gasteiger partial charge in [0.25, 0.3) is 0 Å². The van der Waals surface area contributed by atoms with Crippen molar-refractivity contribution in [1.82, 2.24) is 0 Å². The Hall–Kier alpha value is -2.39. The number of esters is 1. The maximum absolute atomic E-state index is 12.8. The molecule has 2 aromatic rings. The molecule has 2 atom stereocenters. The Balaban J connectivity index is 2.34. The molecule has 0 saturated heterocycles. The fourth-order valence-corrected chi connectivity index (χ4v) is 4.01. The lowest BCUT2D eigenvalue weighted by atomic mass is 9.57. The lowest BCUT2D eigenvalue weighted by Crippen LogP contribution is -2.55. The lowest BCUT2D eigenvalue weighted by molar-refractivity contribution is -0.172. The number of aryl methyl sites for hydroxylation is 1. The third kappa shape index (κ3) is 2.20. The van der Waals surface area contributed by atoms with E-state index in [0.29, 0.717) is 24.8 Å². The Morgan fingerprint density at radius 1 is 1.21 bits per heavy atom. The molecule has 3 rings (SSSR count). The number of fused-ring (bicyclic) bond motifs is 1. The Bertz CT molecular complexity index is 753. The Morgan fingerprint density at radius 3 is 2.54 bits per heavy atom. The van der Waals surface area contributed by atoms with Crippen LogP contribution in [-0.4, -0.2) is 18.2 Å². The Kier molecular flexibility index (Phi) is 4.29. The highest BCUT2D eigenvalue weighted by molar-refractivity contribution is 5.81. The molecule has 1 aliphatic rings. The average molecular weight is 322 g/mol. The molecule has 0 fully saturated rings. The number of hydrogen-bond donors (Lipinski definition) is 1. The van der Waals surface area contributed by atoms with Crippen LogP contribution in [0.15, 0.2) is 67.3 Å². The first kappa shape index (κ1) is 16.5. The minimum atomic E-state index is -1.45. The summed E-state index contributed by atoms with van der Waals surface area (Å²) in [5, 5.41) is 12.0. The van der Waals surface area contributed by atoms with Gasteiger partial charge in [-0.1, -0.05) is 60.7 Å². The monoisotopic (exact) mass is 322 g/mol. The van der Waals surface area contributed by atoms with E-state index in [1.165, 1.54) is 7.11 Å². The van der Waals surface area contributed by atoms with Gasteiger partial charge in [0.05, 0.1) is 7.11 Å². The van der Waals surface area contributed by atoms with Gasteiger partial charge < -0.3 is 9.84 Å². The Labute approximate surface area is 142 Å². The molecular weight excluding hydrogens is 300 g/mol. The van der Waals surface area contributed by atoms with Gasteiger partial charge in [0, 0.05) is 0 Å². The summed E-state index contributed by atoms with van der Waals surface area (Å²) in [4.78, 5) is 12.8. The quantitative estimate of drug-likeness (QED) is 0.691. The SMILES string of the molecule is C=CC[C@@]1(C(=O)OC)CCc2ccccc2[C@]1(O)c1ccccc1. The molecule has 0 bridgehead atoms. The number of carbonyl (C=O) groups excluding carboxylic acids is 1. The second-order valence-corrected chi connectivity index (χ2v) is 6.30. The van der Waals surface area contributed by atoms with E-state index < -0.39 is 17.0 Å². The van der Waals surface area contributed by atoms with Crippen molar-refractivity contribution in [2.75, 3.05) is 7.11 Å². The van der Waals surface area contributed by atoms with Gasteiger partial charge in [-0.15, -0.1) is 6.58 Å². The van der Waals surface area contributed by atoms with E-state index in [4.69, 9.17) is 4.74 Å². The molecule has 0 heterocycles. The molecule has 3 nitrogen and oxygen atoms in total. The molecule has 0 aromatic heterocycles. The van der Waals surface area contributed by atoms with Gasteiger partial charge in [0.2, 0.25) is 0 Å². The van der Waals surface area contributed by atoms with Gasteiger partial charge in [-0.25, -0.2) is 0 Å². The Morgan fingerprint density at radius 2 is 1.88 bits per heavy atom. The zero-order chi connectivity index (χ0) is 17.2. The first-order valence-electron chi connectivity index (χ1n) is 8.16. The van der Waals surface area contributed by atoms with Crippen LogP contribution >= 0.6 is 0 Å². The summed E-state index contributed by atoms with van der Waals surface area (Å²) >= 11 is 0. The van der Waals surface area contributed by atoms with E-state index in [1.54, 1.807) is 6.08 Å². The summed E-state index contributed by atoms with van der Waals surface area (Å²) in [6, 6.07) is 17.2. The third-order valence-electron chi connectivity index (χ3n) is 5.18. The molecule has 0 amide bonds. The number of benzene rings is 2. The molecule has 2 aromatic carbocycles. The van der Waals surface area contributed by atoms with Crippen LogP contribution in [-0.2, 0) is 21.6 Å². The normalized spacial score (nSPS) is 25.6. The van der Waals surface area contributed by atoms with Crippen molar-refractivity contribution in [1.29, 1.82) is 0 Å². The summed E-state index contributed by atoms with van der Waals surface area (Å²) in [6.07, 6.45) is 3.26. The molecule has 3 heteroatoms. The summed E-state index contributed by atoms with van der Waals surface area (Å²) in [5.41, 5.74) is -0.00427. The van der Waals surface area contributed by atoms with Crippen molar-refractivity contribution in [2.45, 2.75) is 24.9 Å². The number of aliphatic hydroxyl groups is 1. The van der Waals surface area contributed by atoms with Crippen molar-refractivity contribution in [2.24, 2.45) is 5.41 Å². The highest BCUT2D eigenvalue weighted by Crippen LogP contribution is 2.55. The summed E-state index contributed by atoms with van der Waals surface area (Å²) in [5.74, 6) is -0.400. The van der Waals surface area contributed by atoms with Crippen LogP contribution in [0.4, 0.5) is 0 Å². The maximum Gasteiger partial charge on any atom is 0.315 e. The van der Waals surface area contributed by atoms with E-state index in [9.17, 15) is 9.90 Å². The van der Waals surface area contributed by atoms with Crippen LogP contribution in [0.1, 0.15) is 29.5 Å². The zero-order valence-corrected chi connectivity index (χ0v) is 13.9. The van der Waals surface area contributed by atoms with Gasteiger partial charge in [-0.3, -0.25) is 4.79 Å². The molecule has 1 N–H and O–H groups in total. The van der Waals surface area contributed by atoms with E-state index >= 15 is 0 Å². The smallest absolute Gasteiger partial charge is 0.315 e. The van der Waals surface area contributed by atoms with Gasteiger partial charge in [-0.05, 0) is 36.0 Å². The van der Waals surface area contributed by atoms with E-state index in [-0.39, 0.29) is 0 Å². The van der Waals surface area contributed by atoms with Crippen LogP contribution in [0.5, 0.6) is 0 Å². The number of rotatable bonds is 4. The van der Waals surface area contributed by atoms with Crippen molar-refractivity contribution >= 4 is 5.97 Å². The largest absolute Gasteiger partial charge is 0.468 e. The first-order valence-corrected chi connectivity index (χ1v) is 8.16. The fraction of sp³-hybridized carbons (Fsp3) is 0.286. The number of methoxy groups -OCH3 is 1. The maximum atomic E-state index is 12.8. The lowest BCUT2D eigenvalue weighted by Gasteiger charge is -2.49. The van der Waals surface area contributed by atoms with Gasteiger partial charge in [-0.2, -0.15) is 0 Å². The predicted molar refractivity (Wildman–Crippen MR) is 93.5 cm³/mol. The zero-order valence-electron chi connectivity index (χ0n) is 13.9. The van der Waals surface area contributed by atoms with E-state index in [2.05, 4.69) is 6.58 Å². The van der Waals surface area contributed by atoms with Crippen LogP contribution in [0.25, 0.3) is 0 Å². The molecule has 1 aliphatic carbocycles. The molecule has 0 radical (unpaired) electrons. The van der Waals surface area contributed by atoms with Crippen molar-refractivity contribution < 1.29 is 14.6 Å². The topological polar surface area (TPSA) is 46.5 Å². The van der Waals surface area contributed by atoms with Gasteiger partial charge >= 0.3 is 5.97 Å². The highest BCUT2D eigenvalue weighted by Gasteiger charge is 2.59. The first-order chi connectivity index (χ1) is 11.6. The average Bonchev–Trinajstić information content (AvgIpc) is 2.64. The summed E-state index contributed by atoms with van der Waals surface area (Å²) in [6.45, 7) is 3.81. The third-order valence-corrected chi connectivity index (χ3v) is 5.18. The minimum Gasteiger partial charge on any atom is -0.468 e. The number of hydrogen-bond acceptors (Lipinski definition) is 3. The second kappa shape index (κ2) is 6.25. The molecular formula is C21H22O3. The number of ether oxygens (including phenoxy) is 1. The van der Waals surface area contributed by atoms with Crippen molar-refractivity contribution in [3.8, 4) is 0 Å². The van der Waals surface area contributed by atoms with Crippen LogP contribution in [0.2, 0.25) is 0 Å².